The van der Waals surface area contributed by atoms with Gasteiger partial charge >= 0.3 is 17.1 Å². The van der Waals surface area contributed by atoms with E-state index < -0.39 is 29.3 Å². The normalized spacial score (nSPS) is 18.3. The molecule has 0 aliphatic rings. The molecule has 3 unspecified atom stereocenters. The topological polar surface area (TPSA) is 88.4 Å². The average Bonchev–Trinajstić information content (AvgIpc) is 2.36. The zero-order chi connectivity index (χ0) is 16.5. The van der Waals surface area contributed by atoms with Crippen molar-refractivity contribution in [2.75, 3.05) is 20.3 Å². The van der Waals surface area contributed by atoms with Crippen LogP contribution in [-0.2, 0) is 13.3 Å². The standard InChI is InChI=1S/C13H32O6Si2/c1-6-9-21(17-3,19-20(4,5)16)10-7-8-18-11-13(15)12(2)14/h12-16H,6-11H2,1-5H3. The number of hydrogen-bond acceptors (Lipinski definition) is 6. The Bertz CT molecular complexity index is 272. The van der Waals surface area contributed by atoms with E-state index in [1.165, 1.54) is 6.92 Å². The van der Waals surface area contributed by atoms with Gasteiger partial charge in [-0.25, -0.2) is 0 Å². The Morgan fingerprint density at radius 1 is 1.14 bits per heavy atom. The second-order valence-corrected chi connectivity index (χ2v) is 12.8. The summed E-state index contributed by atoms with van der Waals surface area (Å²) in [4.78, 5) is 10.0. The lowest BCUT2D eigenvalue weighted by Crippen LogP contribution is -2.50. The van der Waals surface area contributed by atoms with Crippen LogP contribution < -0.4 is 0 Å². The van der Waals surface area contributed by atoms with E-state index in [9.17, 15) is 9.90 Å². The number of rotatable bonds is 12. The summed E-state index contributed by atoms with van der Waals surface area (Å²) in [6.07, 6.45) is 0.0515. The average molecular weight is 341 g/mol. The minimum absolute atomic E-state index is 0.119. The Morgan fingerprint density at radius 2 is 1.76 bits per heavy atom. The lowest BCUT2D eigenvalue weighted by Gasteiger charge is -2.34. The van der Waals surface area contributed by atoms with Gasteiger partial charge in [0.15, 0.2) is 0 Å². The Balaban J connectivity index is 4.24. The minimum atomic E-state index is -2.63. The molecule has 0 saturated carbocycles. The van der Waals surface area contributed by atoms with Gasteiger partial charge in [0.05, 0.1) is 12.7 Å². The summed E-state index contributed by atoms with van der Waals surface area (Å²) in [6.45, 7) is 7.69. The van der Waals surface area contributed by atoms with Crippen molar-refractivity contribution in [2.45, 2.75) is 64.1 Å². The van der Waals surface area contributed by atoms with Crippen molar-refractivity contribution in [3.8, 4) is 0 Å². The third kappa shape index (κ3) is 9.74. The highest BCUT2D eigenvalue weighted by atomic mass is 28.5. The van der Waals surface area contributed by atoms with Gasteiger partial charge in [0.2, 0.25) is 0 Å². The molecule has 0 aromatic rings. The van der Waals surface area contributed by atoms with Crippen LogP contribution in [0.4, 0.5) is 0 Å². The third-order valence-electron chi connectivity index (χ3n) is 3.13. The van der Waals surface area contributed by atoms with Gasteiger partial charge in [-0.2, -0.15) is 0 Å². The number of aliphatic hydroxyl groups is 2. The van der Waals surface area contributed by atoms with E-state index in [0.717, 1.165) is 24.9 Å². The molecule has 0 aromatic carbocycles. The molecule has 0 aliphatic carbocycles. The summed E-state index contributed by atoms with van der Waals surface area (Å²) in [7, 11) is -3.36. The maximum Gasteiger partial charge on any atom is 0.329 e. The van der Waals surface area contributed by atoms with Crippen molar-refractivity contribution in [3.05, 3.63) is 0 Å². The van der Waals surface area contributed by atoms with Crippen LogP contribution in [0.25, 0.3) is 0 Å². The van der Waals surface area contributed by atoms with E-state index in [1.54, 1.807) is 20.2 Å². The summed E-state index contributed by atoms with van der Waals surface area (Å²) in [5, 5.41) is 18.6. The van der Waals surface area contributed by atoms with Gasteiger partial charge in [-0.05, 0) is 38.5 Å². The SMILES string of the molecule is CCC[Si](CCCOCC(O)C(C)O)(OC)O[Si](C)(C)O. The van der Waals surface area contributed by atoms with Crippen molar-refractivity contribution in [2.24, 2.45) is 0 Å². The Kier molecular flexibility index (Phi) is 10.2. The van der Waals surface area contributed by atoms with Crippen LogP contribution in [0.5, 0.6) is 0 Å². The first kappa shape index (κ1) is 21.2. The van der Waals surface area contributed by atoms with E-state index in [1.807, 2.05) is 0 Å². The van der Waals surface area contributed by atoms with Crippen LogP contribution >= 0.6 is 0 Å². The lowest BCUT2D eigenvalue weighted by atomic mass is 10.2. The predicted octanol–water partition coefficient (Wildman–Crippen LogP) is 1.34. The Hall–Kier alpha value is 0.194. The molecule has 0 aliphatic heterocycles. The monoisotopic (exact) mass is 340 g/mol. The van der Waals surface area contributed by atoms with Crippen molar-refractivity contribution in [3.63, 3.8) is 0 Å². The summed E-state index contributed by atoms with van der Waals surface area (Å²) in [5.41, 5.74) is 0. The number of aliphatic hydroxyl groups excluding tert-OH is 2. The van der Waals surface area contributed by atoms with Gasteiger partial charge in [0, 0.05) is 13.7 Å². The number of ether oxygens (including phenoxy) is 1. The molecule has 3 N–H and O–H groups in total. The molecule has 21 heavy (non-hydrogen) atoms. The molecule has 0 bridgehead atoms. The van der Waals surface area contributed by atoms with Gasteiger partial charge in [0.1, 0.15) is 6.10 Å². The van der Waals surface area contributed by atoms with Crippen LogP contribution in [0, 0.1) is 0 Å². The summed E-state index contributed by atoms with van der Waals surface area (Å²) >= 11 is 0. The van der Waals surface area contributed by atoms with Gasteiger partial charge < -0.3 is 28.3 Å². The highest BCUT2D eigenvalue weighted by molar-refractivity contribution is 6.79. The minimum Gasteiger partial charge on any atom is -0.415 e. The number of hydrogen-bond donors (Lipinski definition) is 3. The molecule has 6 nitrogen and oxygen atoms in total. The summed E-state index contributed by atoms with van der Waals surface area (Å²) < 4.78 is 17.0. The van der Waals surface area contributed by atoms with E-state index in [2.05, 4.69) is 6.92 Å². The molecule has 0 saturated heterocycles. The molecular formula is C13H32O6Si2. The maximum atomic E-state index is 10.0. The molecule has 0 radical (unpaired) electrons. The lowest BCUT2D eigenvalue weighted by molar-refractivity contribution is -0.0303. The molecule has 8 heteroatoms. The molecule has 0 spiro atoms. The fourth-order valence-corrected chi connectivity index (χ4v) is 8.99. The molecule has 0 heterocycles. The first-order valence-electron chi connectivity index (χ1n) is 7.57. The fourth-order valence-electron chi connectivity index (χ4n) is 2.10. The summed E-state index contributed by atoms with van der Waals surface area (Å²) in [6, 6.07) is 1.59. The first-order valence-corrected chi connectivity index (χ1v) is 12.7. The molecule has 128 valence electrons. The van der Waals surface area contributed by atoms with E-state index >= 15 is 0 Å². The van der Waals surface area contributed by atoms with Crippen molar-refractivity contribution in [1.82, 2.24) is 0 Å². The fraction of sp³-hybridized carbons (Fsp3) is 1.00. The predicted molar refractivity (Wildman–Crippen MR) is 86.6 cm³/mol. The summed E-state index contributed by atoms with van der Waals surface area (Å²) in [5.74, 6) is 0. The van der Waals surface area contributed by atoms with Crippen molar-refractivity contribution >= 4 is 17.1 Å². The van der Waals surface area contributed by atoms with Crippen molar-refractivity contribution < 1.29 is 28.3 Å². The van der Waals surface area contributed by atoms with Crippen LogP contribution in [0.1, 0.15) is 26.7 Å². The molecule has 0 fully saturated rings. The van der Waals surface area contributed by atoms with Crippen LogP contribution in [0.15, 0.2) is 0 Å². The zero-order valence-electron chi connectivity index (χ0n) is 14.0. The van der Waals surface area contributed by atoms with Gasteiger partial charge in [-0.1, -0.05) is 13.3 Å². The quantitative estimate of drug-likeness (QED) is 0.367. The van der Waals surface area contributed by atoms with Gasteiger partial charge in [0.25, 0.3) is 0 Å². The third-order valence-corrected chi connectivity index (χ3v) is 9.74. The Morgan fingerprint density at radius 3 is 2.19 bits per heavy atom. The zero-order valence-corrected chi connectivity index (χ0v) is 16.0. The van der Waals surface area contributed by atoms with Crippen molar-refractivity contribution in [1.29, 1.82) is 0 Å². The highest BCUT2D eigenvalue weighted by Crippen LogP contribution is 2.25. The maximum absolute atomic E-state index is 10.0. The van der Waals surface area contributed by atoms with Gasteiger partial charge in [-0.3, -0.25) is 0 Å². The molecular weight excluding hydrogens is 308 g/mol. The smallest absolute Gasteiger partial charge is 0.329 e. The van der Waals surface area contributed by atoms with Crippen LogP contribution in [0.2, 0.25) is 25.2 Å². The van der Waals surface area contributed by atoms with Crippen LogP contribution in [0.3, 0.4) is 0 Å². The highest BCUT2D eigenvalue weighted by Gasteiger charge is 2.40. The Labute approximate surface area is 130 Å². The molecule has 0 amide bonds. The van der Waals surface area contributed by atoms with Gasteiger partial charge in [-0.15, -0.1) is 0 Å². The first-order chi connectivity index (χ1) is 9.66. The van der Waals surface area contributed by atoms with E-state index in [-0.39, 0.29) is 6.61 Å². The molecule has 3 atom stereocenters. The van der Waals surface area contributed by atoms with E-state index in [0.29, 0.717) is 6.61 Å². The largest absolute Gasteiger partial charge is 0.415 e. The van der Waals surface area contributed by atoms with Crippen LogP contribution in [-0.4, -0.2) is 64.7 Å². The second-order valence-electron chi connectivity index (χ2n) is 5.90. The molecule has 0 aromatic heterocycles. The second kappa shape index (κ2) is 10.1. The van der Waals surface area contributed by atoms with E-state index in [4.69, 9.17) is 18.4 Å². The molecule has 0 rings (SSSR count).